The normalized spacial score (nSPS) is 17.9. The third-order valence-electron chi connectivity index (χ3n) is 5.36. The van der Waals surface area contributed by atoms with E-state index < -0.39 is 0 Å². The lowest BCUT2D eigenvalue weighted by molar-refractivity contribution is 0.0404. The van der Waals surface area contributed by atoms with Crippen LogP contribution in [0.15, 0.2) is 24.3 Å². The van der Waals surface area contributed by atoms with Gasteiger partial charge < -0.3 is 18.9 Å². The third-order valence-corrected chi connectivity index (χ3v) is 5.36. The Balaban J connectivity index is 1.72. The van der Waals surface area contributed by atoms with Gasteiger partial charge in [-0.15, -0.1) is 0 Å². The van der Waals surface area contributed by atoms with E-state index in [0.29, 0.717) is 31.0 Å². The molecule has 134 valence electrons. The maximum Gasteiger partial charge on any atom is 0.270 e. The molecule has 0 saturated carbocycles. The highest BCUT2D eigenvalue weighted by Crippen LogP contribution is 2.18. The highest BCUT2D eigenvalue weighted by Gasteiger charge is 2.32. The van der Waals surface area contributed by atoms with Gasteiger partial charge in [-0.2, -0.15) is 0 Å². The van der Waals surface area contributed by atoms with Gasteiger partial charge in [-0.25, -0.2) is 0 Å². The Bertz CT molecular complexity index is 818. The Morgan fingerprint density at radius 2 is 1.40 bits per heavy atom. The number of amides is 2. The van der Waals surface area contributed by atoms with E-state index in [4.69, 9.17) is 0 Å². The van der Waals surface area contributed by atoms with Crippen molar-refractivity contribution in [3.05, 3.63) is 47.0 Å². The Morgan fingerprint density at radius 3 is 1.84 bits per heavy atom. The van der Waals surface area contributed by atoms with Gasteiger partial charge in [0.2, 0.25) is 0 Å². The topological polar surface area (TPSA) is 50.5 Å². The number of hydrogen-bond donors (Lipinski definition) is 0. The molecule has 1 aliphatic heterocycles. The van der Waals surface area contributed by atoms with Crippen molar-refractivity contribution in [3.63, 3.8) is 0 Å². The smallest absolute Gasteiger partial charge is 0.270 e. The van der Waals surface area contributed by atoms with Crippen LogP contribution in [0.3, 0.4) is 0 Å². The fourth-order valence-electron chi connectivity index (χ4n) is 3.41. The second-order valence-corrected chi connectivity index (χ2v) is 6.94. The molecule has 0 spiro atoms. The summed E-state index contributed by atoms with van der Waals surface area (Å²) in [6.07, 6.45) is 0. The molecule has 0 N–H and O–H groups in total. The maximum absolute atomic E-state index is 12.8. The molecule has 0 unspecified atom stereocenters. The van der Waals surface area contributed by atoms with Crippen LogP contribution in [-0.2, 0) is 14.1 Å². The molecule has 3 heterocycles. The molecule has 1 atom stereocenters. The zero-order valence-electron chi connectivity index (χ0n) is 15.6. The van der Waals surface area contributed by atoms with E-state index in [1.807, 2.05) is 78.1 Å². The third kappa shape index (κ3) is 2.97. The van der Waals surface area contributed by atoms with Gasteiger partial charge in [-0.05, 0) is 45.0 Å². The summed E-state index contributed by atoms with van der Waals surface area (Å²) in [5, 5.41) is 0. The summed E-state index contributed by atoms with van der Waals surface area (Å²) in [4.78, 5) is 29.3. The maximum atomic E-state index is 12.8. The van der Waals surface area contributed by atoms with Crippen LogP contribution in [-0.4, -0.2) is 56.4 Å². The molecule has 6 heteroatoms. The van der Waals surface area contributed by atoms with Crippen molar-refractivity contribution in [2.24, 2.45) is 14.1 Å². The number of hydrogen-bond acceptors (Lipinski definition) is 2. The van der Waals surface area contributed by atoms with Crippen LogP contribution in [0.5, 0.6) is 0 Å². The largest absolute Gasteiger partial charge is 0.344 e. The lowest BCUT2D eigenvalue weighted by Crippen LogP contribution is -2.55. The SMILES string of the molecule is Cc1ccc(C(=O)N2CCN(C(=O)c3ccc(C)n3C)[C@@H](C)C2)n1C. The molecule has 2 amide bonds. The minimum absolute atomic E-state index is 0.0122. The first-order chi connectivity index (χ1) is 11.8. The van der Waals surface area contributed by atoms with Crippen molar-refractivity contribution < 1.29 is 9.59 Å². The number of carbonyl (C=O) groups is 2. The summed E-state index contributed by atoms with van der Waals surface area (Å²) in [7, 11) is 3.81. The Kier molecular flexibility index (Phi) is 4.45. The fourth-order valence-corrected chi connectivity index (χ4v) is 3.41. The second kappa shape index (κ2) is 6.43. The first-order valence-corrected chi connectivity index (χ1v) is 8.66. The molecule has 0 bridgehead atoms. The lowest BCUT2D eigenvalue weighted by Gasteiger charge is -2.40. The Hall–Kier alpha value is -2.50. The minimum atomic E-state index is -0.0122. The Labute approximate surface area is 148 Å². The average molecular weight is 342 g/mol. The monoisotopic (exact) mass is 342 g/mol. The first kappa shape index (κ1) is 17.3. The summed E-state index contributed by atoms with van der Waals surface area (Å²) in [6, 6.07) is 7.63. The van der Waals surface area contributed by atoms with Crippen molar-refractivity contribution in [1.29, 1.82) is 0 Å². The van der Waals surface area contributed by atoms with Crippen molar-refractivity contribution in [2.45, 2.75) is 26.8 Å². The van der Waals surface area contributed by atoms with Gasteiger partial charge in [0.25, 0.3) is 11.8 Å². The summed E-state index contributed by atoms with van der Waals surface area (Å²) >= 11 is 0. The molecule has 2 aromatic heterocycles. The highest BCUT2D eigenvalue weighted by atomic mass is 16.2. The summed E-state index contributed by atoms with van der Waals surface area (Å²) < 4.78 is 3.83. The first-order valence-electron chi connectivity index (χ1n) is 8.66. The van der Waals surface area contributed by atoms with Gasteiger partial charge in [0.05, 0.1) is 0 Å². The number of aryl methyl sites for hydroxylation is 2. The molecular formula is C19H26N4O2. The van der Waals surface area contributed by atoms with Gasteiger partial charge in [0.1, 0.15) is 11.4 Å². The van der Waals surface area contributed by atoms with Crippen LogP contribution in [0.4, 0.5) is 0 Å². The molecule has 0 aromatic carbocycles. The van der Waals surface area contributed by atoms with Gasteiger partial charge >= 0.3 is 0 Å². The number of aromatic nitrogens is 2. The van der Waals surface area contributed by atoms with Crippen molar-refractivity contribution in [3.8, 4) is 0 Å². The molecule has 1 fully saturated rings. The Morgan fingerprint density at radius 1 is 0.880 bits per heavy atom. The van der Waals surface area contributed by atoms with Crippen molar-refractivity contribution in [2.75, 3.05) is 19.6 Å². The molecular weight excluding hydrogens is 316 g/mol. The van der Waals surface area contributed by atoms with E-state index in [1.165, 1.54) is 0 Å². The predicted octanol–water partition coefficient (Wildman–Crippen LogP) is 1.97. The van der Waals surface area contributed by atoms with Crippen LogP contribution in [0.2, 0.25) is 0 Å². The number of rotatable bonds is 2. The van der Waals surface area contributed by atoms with Crippen LogP contribution < -0.4 is 0 Å². The average Bonchev–Trinajstić information content (AvgIpc) is 3.09. The van der Waals surface area contributed by atoms with Crippen LogP contribution >= 0.6 is 0 Å². The minimum Gasteiger partial charge on any atom is -0.344 e. The van der Waals surface area contributed by atoms with Crippen molar-refractivity contribution >= 4 is 11.8 Å². The van der Waals surface area contributed by atoms with E-state index >= 15 is 0 Å². The fraction of sp³-hybridized carbons (Fsp3) is 0.474. The molecule has 2 aromatic rings. The molecule has 0 radical (unpaired) electrons. The zero-order chi connectivity index (χ0) is 18.3. The zero-order valence-corrected chi connectivity index (χ0v) is 15.6. The van der Waals surface area contributed by atoms with E-state index in [-0.39, 0.29) is 17.9 Å². The second-order valence-electron chi connectivity index (χ2n) is 6.94. The van der Waals surface area contributed by atoms with Gasteiger partial charge in [0.15, 0.2) is 0 Å². The summed E-state index contributed by atoms with van der Waals surface area (Å²) in [5.74, 6) is 0.0640. The molecule has 25 heavy (non-hydrogen) atoms. The molecule has 0 aliphatic carbocycles. The number of piperazine rings is 1. The number of nitrogens with zero attached hydrogens (tertiary/aromatic N) is 4. The lowest BCUT2D eigenvalue weighted by atomic mass is 10.1. The molecule has 3 rings (SSSR count). The molecule has 1 saturated heterocycles. The molecule has 6 nitrogen and oxygen atoms in total. The van der Waals surface area contributed by atoms with Gasteiger partial charge in [-0.1, -0.05) is 0 Å². The van der Waals surface area contributed by atoms with Crippen molar-refractivity contribution in [1.82, 2.24) is 18.9 Å². The van der Waals surface area contributed by atoms with E-state index in [0.717, 1.165) is 11.4 Å². The quantitative estimate of drug-likeness (QED) is 0.838. The van der Waals surface area contributed by atoms with Crippen LogP contribution in [0.1, 0.15) is 39.3 Å². The standard InChI is InChI=1S/C19H26N4O2/c1-13-6-8-16(20(13)4)18(24)22-10-11-23(15(3)12-22)19(25)17-9-7-14(2)21(17)5/h6-9,15H,10-12H2,1-5H3/t15-/m0/s1. The van der Waals surface area contributed by atoms with E-state index in [9.17, 15) is 9.59 Å². The number of carbonyl (C=O) groups excluding carboxylic acids is 2. The molecule has 1 aliphatic rings. The van der Waals surface area contributed by atoms with E-state index in [1.54, 1.807) is 0 Å². The van der Waals surface area contributed by atoms with Crippen LogP contribution in [0, 0.1) is 13.8 Å². The summed E-state index contributed by atoms with van der Waals surface area (Å²) in [6.45, 7) is 7.64. The van der Waals surface area contributed by atoms with Crippen LogP contribution in [0.25, 0.3) is 0 Å². The predicted molar refractivity (Wildman–Crippen MR) is 96.7 cm³/mol. The highest BCUT2D eigenvalue weighted by molar-refractivity contribution is 5.95. The summed E-state index contributed by atoms with van der Waals surface area (Å²) in [5.41, 5.74) is 3.51. The van der Waals surface area contributed by atoms with Gasteiger partial charge in [-0.3, -0.25) is 9.59 Å². The van der Waals surface area contributed by atoms with Gasteiger partial charge in [0, 0.05) is 51.2 Å². The van der Waals surface area contributed by atoms with E-state index in [2.05, 4.69) is 0 Å².